The third-order valence-electron chi connectivity index (χ3n) is 4.68. The van der Waals surface area contributed by atoms with E-state index >= 15 is 0 Å². The first-order valence-electron chi connectivity index (χ1n) is 8.89. The average molecular weight is 350 g/mol. The van der Waals surface area contributed by atoms with Gasteiger partial charge in [0.05, 0.1) is 12.1 Å². The topological polar surface area (TPSA) is 64.6 Å². The molecule has 6 heteroatoms. The summed E-state index contributed by atoms with van der Waals surface area (Å²) in [5.74, 6) is 1.01. The van der Waals surface area contributed by atoms with Gasteiger partial charge in [-0.15, -0.1) is 11.8 Å². The Morgan fingerprint density at radius 3 is 2.92 bits per heavy atom. The number of carbonyl (C=O) groups is 1. The van der Waals surface area contributed by atoms with Crippen molar-refractivity contribution >= 4 is 17.8 Å². The first-order chi connectivity index (χ1) is 11.7. The molecule has 2 atom stereocenters. The van der Waals surface area contributed by atoms with Gasteiger partial charge in [-0.2, -0.15) is 0 Å². The zero-order valence-corrected chi connectivity index (χ0v) is 14.9. The summed E-state index contributed by atoms with van der Waals surface area (Å²) in [6.07, 6.45) is 4.13. The van der Waals surface area contributed by atoms with Gasteiger partial charge in [0.1, 0.15) is 0 Å². The van der Waals surface area contributed by atoms with Gasteiger partial charge in [0.25, 0.3) is 0 Å². The fourth-order valence-electron chi connectivity index (χ4n) is 3.42. The highest BCUT2D eigenvalue weighted by Gasteiger charge is 2.22. The monoisotopic (exact) mass is 349 g/mol. The second-order valence-electron chi connectivity index (χ2n) is 6.60. The van der Waals surface area contributed by atoms with E-state index in [9.17, 15) is 9.90 Å². The number of aliphatic hydroxyl groups excluding tert-OH is 1. The van der Waals surface area contributed by atoms with Gasteiger partial charge in [0, 0.05) is 23.7 Å². The van der Waals surface area contributed by atoms with Crippen molar-refractivity contribution in [2.75, 3.05) is 31.9 Å². The van der Waals surface area contributed by atoms with Crippen LogP contribution in [0.1, 0.15) is 37.3 Å². The van der Waals surface area contributed by atoms with E-state index in [1.807, 2.05) is 23.9 Å². The molecule has 2 aliphatic heterocycles. The van der Waals surface area contributed by atoms with Crippen LogP contribution in [0.25, 0.3) is 0 Å². The highest BCUT2D eigenvalue weighted by atomic mass is 32.2. The van der Waals surface area contributed by atoms with E-state index in [-0.39, 0.29) is 12.1 Å². The van der Waals surface area contributed by atoms with E-state index < -0.39 is 6.10 Å². The van der Waals surface area contributed by atoms with Gasteiger partial charge in [0.15, 0.2) is 0 Å². The fourth-order valence-corrected chi connectivity index (χ4v) is 4.54. The maximum Gasteiger partial charge on any atom is 0.315 e. The first kappa shape index (κ1) is 17.6. The van der Waals surface area contributed by atoms with E-state index in [0.717, 1.165) is 25.3 Å². The molecule has 2 aliphatic rings. The van der Waals surface area contributed by atoms with E-state index in [2.05, 4.69) is 27.7 Å². The molecule has 1 fully saturated rings. The molecular weight excluding hydrogens is 322 g/mol. The summed E-state index contributed by atoms with van der Waals surface area (Å²) in [4.78, 5) is 15.7. The van der Waals surface area contributed by atoms with Crippen LogP contribution in [0.3, 0.4) is 0 Å². The number of likely N-dealkylation sites (tertiary alicyclic amines) is 1. The van der Waals surface area contributed by atoms with E-state index in [4.69, 9.17) is 0 Å². The quantitative estimate of drug-likeness (QED) is 0.764. The van der Waals surface area contributed by atoms with Crippen LogP contribution in [-0.4, -0.2) is 54.1 Å². The minimum atomic E-state index is -0.511. The van der Waals surface area contributed by atoms with Crippen LogP contribution in [0.15, 0.2) is 29.2 Å². The molecule has 2 unspecified atom stereocenters. The second kappa shape index (κ2) is 8.74. The van der Waals surface area contributed by atoms with Gasteiger partial charge in [-0.1, -0.05) is 24.6 Å². The molecule has 3 rings (SSSR count). The van der Waals surface area contributed by atoms with Crippen LogP contribution in [0.5, 0.6) is 0 Å². The number of hydrogen-bond donors (Lipinski definition) is 3. The summed E-state index contributed by atoms with van der Waals surface area (Å²) in [7, 11) is 0. The first-order valence-corrected chi connectivity index (χ1v) is 9.87. The lowest BCUT2D eigenvalue weighted by atomic mass is 10.0. The van der Waals surface area contributed by atoms with Crippen LogP contribution in [0.4, 0.5) is 4.79 Å². The molecule has 5 nitrogen and oxygen atoms in total. The minimum Gasteiger partial charge on any atom is -0.390 e. The van der Waals surface area contributed by atoms with Gasteiger partial charge in [-0.05, 0) is 44.0 Å². The summed E-state index contributed by atoms with van der Waals surface area (Å²) in [6.45, 7) is 3.05. The van der Waals surface area contributed by atoms with Crippen LogP contribution in [0.2, 0.25) is 0 Å². The van der Waals surface area contributed by atoms with E-state index in [1.165, 1.54) is 29.7 Å². The zero-order chi connectivity index (χ0) is 16.8. The molecule has 0 radical (unpaired) electrons. The second-order valence-corrected chi connectivity index (χ2v) is 7.73. The van der Waals surface area contributed by atoms with Crippen LogP contribution < -0.4 is 10.6 Å². The Morgan fingerprint density at radius 2 is 2.08 bits per heavy atom. The largest absolute Gasteiger partial charge is 0.390 e. The van der Waals surface area contributed by atoms with Gasteiger partial charge < -0.3 is 20.6 Å². The van der Waals surface area contributed by atoms with Crippen molar-refractivity contribution in [2.45, 2.75) is 42.7 Å². The van der Waals surface area contributed by atoms with Crippen molar-refractivity contribution in [2.24, 2.45) is 0 Å². The molecule has 0 spiro atoms. The Morgan fingerprint density at radius 1 is 1.29 bits per heavy atom. The number of amides is 2. The lowest BCUT2D eigenvalue weighted by Crippen LogP contribution is -2.45. The van der Waals surface area contributed by atoms with Crippen molar-refractivity contribution in [3.8, 4) is 0 Å². The number of hydrogen-bond acceptors (Lipinski definition) is 4. The summed E-state index contributed by atoms with van der Waals surface area (Å²) >= 11 is 1.84. The minimum absolute atomic E-state index is 0.0571. The third kappa shape index (κ3) is 4.88. The van der Waals surface area contributed by atoms with Gasteiger partial charge in [-0.25, -0.2) is 4.79 Å². The zero-order valence-electron chi connectivity index (χ0n) is 14.0. The summed E-state index contributed by atoms with van der Waals surface area (Å²) in [5, 5.41) is 16.0. The standard InChI is InChI=1S/C18H27N3O2S/c22-14(13-21-9-4-1-5-10-21)12-19-18(23)20-16-8-11-24-17-7-3-2-6-15(16)17/h2-3,6-7,14,16,22H,1,4-5,8-13H2,(H2,19,20,23). The van der Waals surface area contributed by atoms with Crippen molar-refractivity contribution < 1.29 is 9.90 Å². The lowest BCUT2D eigenvalue weighted by molar-refractivity contribution is 0.101. The smallest absolute Gasteiger partial charge is 0.315 e. The number of carbonyl (C=O) groups excluding carboxylic acids is 1. The van der Waals surface area contributed by atoms with E-state index in [0.29, 0.717) is 13.1 Å². The number of benzene rings is 1. The molecule has 0 aliphatic carbocycles. The molecule has 132 valence electrons. The predicted octanol–water partition coefficient (Wildman–Crippen LogP) is 2.37. The van der Waals surface area contributed by atoms with Crippen molar-refractivity contribution in [3.05, 3.63) is 29.8 Å². The Labute approximate surface area is 148 Å². The van der Waals surface area contributed by atoms with Crippen LogP contribution in [-0.2, 0) is 0 Å². The van der Waals surface area contributed by atoms with Crippen LogP contribution in [0, 0.1) is 0 Å². The Bertz CT molecular complexity index is 549. The molecule has 24 heavy (non-hydrogen) atoms. The molecular formula is C18H27N3O2S. The van der Waals surface area contributed by atoms with E-state index in [1.54, 1.807) is 0 Å². The molecule has 1 saturated heterocycles. The normalized spacial score (nSPS) is 22.5. The van der Waals surface area contributed by atoms with Crippen molar-refractivity contribution in [1.29, 1.82) is 0 Å². The Kier molecular flexibility index (Phi) is 6.40. The number of aliphatic hydroxyl groups is 1. The highest BCUT2D eigenvalue weighted by molar-refractivity contribution is 7.99. The predicted molar refractivity (Wildman–Crippen MR) is 97.4 cm³/mol. The molecule has 3 N–H and O–H groups in total. The number of nitrogens with one attached hydrogen (secondary N) is 2. The van der Waals surface area contributed by atoms with Gasteiger partial charge in [0.2, 0.25) is 0 Å². The molecule has 0 saturated carbocycles. The number of thioether (sulfide) groups is 1. The number of β-amino-alcohol motifs (C(OH)–C–C–N with tert-alkyl or cyclic N) is 1. The number of fused-ring (bicyclic) bond motifs is 1. The average Bonchev–Trinajstić information content (AvgIpc) is 2.61. The van der Waals surface area contributed by atoms with Crippen LogP contribution >= 0.6 is 11.8 Å². The number of rotatable bonds is 5. The molecule has 0 bridgehead atoms. The number of urea groups is 1. The summed E-state index contributed by atoms with van der Waals surface area (Å²) < 4.78 is 0. The Hall–Kier alpha value is -1.24. The van der Waals surface area contributed by atoms with Gasteiger partial charge in [-0.3, -0.25) is 0 Å². The Balaban J connectivity index is 1.43. The maximum atomic E-state index is 12.2. The molecule has 2 heterocycles. The fraction of sp³-hybridized carbons (Fsp3) is 0.611. The summed E-state index contributed by atoms with van der Waals surface area (Å²) in [6, 6.07) is 8.09. The molecule has 0 aromatic heterocycles. The SMILES string of the molecule is O=C(NCC(O)CN1CCCCC1)NC1CCSc2ccccc21. The third-order valence-corrected chi connectivity index (χ3v) is 5.80. The molecule has 2 amide bonds. The van der Waals surface area contributed by atoms with Gasteiger partial charge >= 0.3 is 6.03 Å². The molecule has 1 aromatic carbocycles. The molecule has 1 aromatic rings. The van der Waals surface area contributed by atoms with Crippen molar-refractivity contribution in [3.63, 3.8) is 0 Å². The highest BCUT2D eigenvalue weighted by Crippen LogP contribution is 2.35. The summed E-state index contributed by atoms with van der Waals surface area (Å²) in [5.41, 5.74) is 1.19. The maximum absolute atomic E-state index is 12.2. The lowest BCUT2D eigenvalue weighted by Gasteiger charge is -2.29. The van der Waals surface area contributed by atoms with Crippen molar-refractivity contribution in [1.82, 2.24) is 15.5 Å². The number of nitrogens with zero attached hydrogens (tertiary/aromatic N) is 1. The number of piperidine rings is 1.